The molecule has 0 amide bonds. The highest BCUT2D eigenvalue weighted by atomic mass is 35.5. The Morgan fingerprint density at radius 1 is 0.882 bits per heavy atom. The molecule has 0 aliphatic carbocycles. The van der Waals surface area contributed by atoms with Crippen LogP contribution in [0.1, 0.15) is 31.5 Å². The van der Waals surface area contributed by atoms with E-state index in [-0.39, 0.29) is 0 Å². The van der Waals surface area contributed by atoms with Crippen LogP contribution < -0.4 is 9.80 Å². The van der Waals surface area contributed by atoms with E-state index in [4.69, 9.17) is 23.2 Å². The second kappa shape index (κ2) is 10.1. The summed E-state index contributed by atoms with van der Waals surface area (Å²) in [6.07, 6.45) is 2.00. The minimum absolute atomic E-state index is 0.613. The van der Waals surface area contributed by atoms with Crippen molar-refractivity contribution in [2.75, 3.05) is 42.5 Å². The standard InChI is InChI=1S/C27H31Cl2N5/c1-19(2)32-12-14-33(15-13-32)23-8-5-20(6-9-23)26-17-27-25(30-31-26)4-3-11-34(27)18-21-16-22(28)7-10-24(21)29/h5-10,16-17,19H,3-4,11-15,18H2,1-2H3. The van der Waals surface area contributed by atoms with Crippen LogP contribution in [-0.4, -0.2) is 53.9 Å². The molecule has 0 atom stereocenters. The van der Waals surface area contributed by atoms with Crippen LogP contribution in [0.5, 0.6) is 0 Å². The lowest BCUT2D eigenvalue weighted by Crippen LogP contribution is -2.48. The Balaban J connectivity index is 1.34. The Morgan fingerprint density at radius 3 is 2.38 bits per heavy atom. The summed E-state index contributed by atoms with van der Waals surface area (Å²) in [6, 6.07) is 17.2. The summed E-state index contributed by atoms with van der Waals surface area (Å²) >= 11 is 12.7. The SMILES string of the molecule is CC(C)N1CCN(c2ccc(-c3cc4c(nn3)CCCN4Cc3cc(Cl)ccc3Cl)cc2)CC1. The van der Waals surface area contributed by atoms with Gasteiger partial charge in [-0.15, -0.1) is 0 Å². The highest BCUT2D eigenvalue weighted by molar-refractivity contribution is 6.33. The first-order valence-electron chi connectivity index (χ1n) is 12.1. The number of halogens is 2. The molecule has 0 radical (unpaired) electrons. The van der Waals surface area contributed by atoms with Crippen molar-refractivity contribution < 1.29 is 0 Å². The molecule has 178 valence electrons. The number of anilines is 2. The van der Waals surface area contributed by atoms with Crippen LogP contribution in [0.15, 0.2) is 48.5 Å². The number of rotatable bonds is 5. The number of aryl methyl sites for hydroxylation is 1. The molecule has 3 aromatic rings. The van der Waals surface area contributed by atoms with Gasteiger partial charge in [0.25, 0.3) is 0 Å². The van der Waals surface area contributed by atoms with Crippen molar-refractivity contribution in [2.24, 2.45) is 0 Å². The van der Waals surface area contributed by atoms with Gasteiger partial charge in [0.1, 0.15) is 0 Å². The van der Waals surface area contributed by atoms with Crippen LogP contribution in [0, 0.1) is 0 Å². The molecular weight excluding hydrogens is 465 g/mol. The first kappa shape index (κ1) is 23.4. The van der Waals surface area contributed by atoms with E-state index in [9.17, 15) is 0 Å². The van der Waals surface area contributed by atoms with Crippen molar-refractivity contribution in [1.29, 1.82) is 0 Å². The van der Waals surface area contributed by atoms with Gasteiger partial charge in [0.05, 0.1) is 17.1 Å². The summed E-state index contributed by atoms with van der Waals surface area (Å²) in [5, 5.41) is 10.6. The second-order valence-corrected chi connectivity index (χ2v) is 10.3. The zero-order chi connectivity index (χ0) is 23.7. The van der Waals surface area contributed by atoms with Crippen LogP contribution in [-0.2, 0) is 13.0 Å². The van der Waals surface area contributed by atoms with Crippen molar-refractivity contribution in [2.45, 2.75) is 39.3 Å². The average Bonchev–Trinajstić information content (AvgIpc) is 2.86. The molecule has 0 spiro atoms. The second-order valence-electron chi connectivity index (χ2n) is 9.49. The summed E-state index contributed by atoms with van der Waals surface area (Å²) in [5.41, 5.74) is 6.48. The van der Waals surface area contributed by atoms with E-state index in [1.807, 2.05) is 18.2 Å². The van der Waals surface area contributed by atoms with Gasteiger partial charge < -0.3 is 9.80 Å². The van der Waals surface area contributed by atoms with Gasteiger partial charge in [-0.05, 0) is 68.7 Å². The van der Waals surface area contributed by atoms with Crippen molar-refractivity contribution in [3.8, 4) is 11.3 Å². The minimum atomic E-state index is 0.613. The Kier molecular flexibility index (Phi) is 6.96. The first-order chi connectivity index (χ1) is 16.5. The van der Waals surface area contributed by atoms with Gasteiger partial charge in [-0.1, -0.05) is 35.3 Å². The fourth-order valence-electron chi connectivity index (χ4n) is 4.93. The number of nitrogens with zero attached hydrogens (tertiary/aromatic N) is 5. The number of hydrogen-bond donors (Lipinski definition) is 0. The van der Waals surface area contributed by atoms with E-state index < -0.39 is 0 Å². The van der Waals surface area contributed by atoms with Gasteiger partial charge in [-0.3, -0.25) is 4.90 Å². The Bertz CT molecular complexity index is 1140. The molecule has 2 aromatic carbocycles. The van der Waals surface area contributed by atoms with Gasteiger partial charge in [0, 0.05) is 66.6 Å². The lowest BCUT2D eigenvalue weighted by atomic mass is 10.0. The molecule has 3 heterocycles. The highest BCUT2D eigenvalue weighted by Crippen LogP contribution is 2.32. The number of aromatic nitrogens is 2. The molecule has 7 heteroatoms. The molecule has 0 bridgehead atoms. The van der Waals surface area contributed by atoms with Crippen molar-refractivity contribution >= 4 is 34.6 Å². The van der Waals surface area contributed by atoms with E-state index >= 15 is 0 Å². The molecule has 1 fully saturated rings. The van der Waals surface area contributed by atoms with Crippen LogP contribution in [0.3, 0.4) is 0 Å². The maximum atomic E-state index is 6.45. The first-order valence-corrected chi connectivity index (χ1v) is 12.9. The molecule has 0 saturated carbocycles. The maximum absolute atomic E-state index is 6.45. The number of benzene rings is 2. The minimum Gasteiger partial charge on any atom is -0.369 e. The quantitative estimate of drug-likeness (QED) is 0.437. The van der Waals surface area contributed by atoms with Crippen molar-refractivity contribution in [3.63, 3.8) is 0 Å². The molecule has 5 nitrogen and oxygen atoms in total. The molecule has 34 heavy (non-hydrogen) atoms. The highest BCUT2D eigenvalue weighted by Gasteiger charge is 2.22. The zero-order valence-corrected chi connectivity index (χ0v) is 21.4. The van der Waals surface area contributed by atoms with Crippen LogP contribution in [0.4, 0.5) is 11.4 Å². The smallest absolute Gasteiger partial charge is 0.0950 e. The Labute approximate surface area is 212 Å². The fraction of sp³-hybridized carbons (Fsp3) is 0.407. The average molecular weight is 496 g/mol. The van der Waals surface area contributed by atoms with E-state index in [1.54, 1.807) is 0 Å². The van der Waals surface area contributed by atoms with Crippen molar-refractivity contribution in [3.05, 3.63) is 69.8 Å². The van der Waals surface area contributed by atoms with Crippen LogP contribution in [0.25, 0.3) is 11.3 Å². The lowest BCUT2D eigenvalue weighted by molar-refractivity contribution is 0.209. The predicted molar refractivity (Wildman–Crippen MR) is 142 cm³/mol. The Hall–Kier alpha value is -2.34. The van der Waals surface area contributed by atoms with Crippen LogP contribution >= 0.6 is 23.2 Å². The molecule has 0 N–H and O–H groups in total. The van der Waals surface area contributed by atoms with E-state index in [2.05, 4.69) is 69.1 Å². The van der Waals surface area contributed by atoms with Gasteiger partial charge >= 0.3 is 0 Å². The normalized spacial score (nSPS) is 16.7. The molecule has 1 saturated heterocycles. The zero-order valence-electron chi connectivity index (χ0n) is 19.8. The van der Waals surface area contributed by atoms with E-state index in [1.165, 1.54) is 5.69 Å². The van der Waals surface area contributed by atoms with Gasteiger partial charge in [0.2, 0.25) is 0 Å². The topological polar surface area (TPSA) is 35.5 Å². The summed E-state index contributed by atoms with van der Waals surface area (Å²) < 4.78 is 0. The number of piperazine rings is 1. The molecule has 0 unspecified atom stereocenters. The largest absolute Gasteiger partial charge is 0.369 e. The number of fused-ring (bicyclic) bond motifs is 1. The number of hydrogen-bond acceptors (Lipinski definition) is 5. The third-order valence-electron chi connectivity index (χ3n) is 6.97. The fourth-order valence-corrected chi connectivity index (χ4v) is 5.30. The molecule has 1 aromatic heterocycles. The summed E-state index contributed by atoms with van der Waals surface area (Å²) in [6.45, 7) is 10.6. The third kappa shape index (κ3) is 5.02. The Morgan fingerprint density at radius 2 is 1.65 bits per heavy atom. The maximum Gasteiger partial charge on any atom is 0.0950 e. The summed E-state index contributed by atoms with van der Waals surface area (Å²) in [4.78, 5) is 7.35. The lowest BCUT2D eigenvalue weighted by Gasteiger charge is -2.38. The third-order valence-corrected chi connectivity index (χ3v) is 7.58. The van der Waals surface area contributed by atoms with Crippen LogP contribution in [0.2, 0.25) is 10.0 Å². The molecule has 5 rings (SSSR count). The van der Waals surface area contributed by atoms with Crippen molar-refractivity contribution in [1.82, 2.24) is 15.1 Å². The summed E-state index contributed by atoms with van der Waals surface area (Å²) in [5.74, 6) is 0. The van der Waals surface area contributed by atoms with E-state index in [0.717, 1.165) is 78.8 Å². The van der Waals surface area contributed by atoms with Gasteiger partial charge in [-0.25, -0.2) is 0 Å². The molecule has 2 aliphatic rings. The molecule has 2 aliphatic heterocycles. The van der Waals surface area contributed by atoms with E-state index in [0.29, 0.717) is 17.6 Å². The molecular formula is C27H31Cl2N5. The van der Waals surface area contributed by atoms with Gasteiger partial charge in [0.15, 0.2) is 0 Å². The predicted octanol–water partition coefficient (Wildman–Crippen LogP) is 5.93. The summed E-state index contributed by atoms with van der Waals surface area (Å²) in [7, 11) is 0. The monoisotopic (exact) mass is 495 g/mol. The van der Waals surface area contributed by atoms with Gasteiger partial charge in [-0.2, -0.15) is 10.2 Å².